The van der Waals surface area contributed by atoms with Crippen molar-refractivity contribution < 1.29 is 0 Å². The summed E-state index contributed by atoms with van der Waals surface area (Å²) in [5, 5.41) is 4.97. The second kappa shape index (κ2) is 7.41. The Labute approximate surface area is 154 Å². The molecule has 1 aliphatic heterocycles. The first-order valence-electron chi connectivity index (χ1n) is 8.16. The van der Waals surface area contributed by atoms with Crippen LogP contribution in [0.1, 0.15) is 11.1 Å². The zero-order valence-corrected chi connectivity index (χ0v) is 15.6. The van der Waals surface area contributed by atoms with E-state index in [2.05, 4.69) is 53.2 Å². The molecule has 0 bridgehead atoms. The van der Waals surface area contributed by atoms with Crippen LogP contribution < -0.4 is 10.2 Å². The Hall–Kier alpha value is -1.78. The van der Waals surface area contributed by atoms with Crippen molar-refractivity contribution in [2.45, 2.75) is 13.8 Å². The van der Waals surface area contributed by atoms with Gasteiger partial charge in [0.15, 0.2) is 5.11 Å². The molecule has 0 unspecified atom stereocenters. The number of piperazine rings is 1. The lowest BCUT2D eigenvalue weighted by Crippen LogP contribution is -2.50. The van der Waals surface area contributed by atoms with E-state index in [0.29, 0.717) is 0 Å². The largest absolute Gasteiger partial charge is 0.367 e. The Kier molecular flexibility index (Phi) is 5.27. The Bertz CT molecular complexity index is 719. The van der Waals surface area contributed by atoms with Gasteiger partial charge in [-0.05, 0) is 61.5 Å². The third kappa shape index (κ3) is 4.00. The Morgan fingerprint density at radius 2 is 1.62 bits per heavy atom. The monoisotopic (exact) mass is 359 g/mol. The molecule has 2 aromatic rings. The minimum Gasteiger partial charge on any atom is -0.367 e. The van der Waals surface area contributed by atoms with E-state index in [4.69, 9.17) is 23.8 Å². The summed E-state index contributed by atoms with van der Waals surface area (Å²) in [4.78, 5) is 4.54. The highest BCUT2D eigenvalue weighted by atomic mass is 35.5. The number of hydrogen-bond donors (Lipinski definition) is 1. The highest BCUT2D eigenvalue weighted by Crippen LogP contribution is 2.26. The van der Waals surface area contributed by atoms with E-state index in [0.717, 1.165) is 47.7 Å². The van der Waals surface area contributed by atoms with Gasteiger partial charge in [0.2, 0.25) is 0 Å². The third-order valence-corrected chi connectivity index (χ3v) is 4.91. The number of aryl methyl sites for hydroxylation is 2. The Balaban J connectivity index is 1.60. The number of nitrogens with zero attached hydrogens (tertiary/aromatic N) is 2. The fourth-order valence-corrected chi connectivity index (χ4v) is 3.66. The number of hydrogen-bond acceptors (Lipinski definition) is 2. The standard InChI is InChI=1S/C19H22ClN3S/c1-14-11-15(2)13-16(12-14)21-19(24)23-9-7-22(8-10-23)18-6-4-3-5-17(18)20/h3-6,11-13H,7-10H2,1-2H3,(H,21,24). The predicted octanol–water partition coefficient (Wildman–Crippen LogP) is 4.48. The molecule has 2 aromatic carbocycles. The number of para-hydroxylation sites is 1. The number of benzene rings is 2. The molecule has 5 heteroatoms. The van der Waals surface area contributed by atoms with E-state index in [9.17, 15) is 0 Å². The molecule has 126 valence electrons. The average Bonchev–Trinajstić information content (AvgIpc) is 2.54. The SMILES string of the molecule is Cc1cc(C)cc(NC(=S)N2CCN(c3ccccc3Cl)CC2)c1. The highest BCUT2D eigenvalue weighted by molar-refractivity contribution is 7.80. The fraction of sp³-hybridized carbons (Fsp3) is 0.316. The van der Waals surface area contributed by atoms with Crippen molar-refractivity contribution in [1.82, 2.24) is 4.90 Å². The molecule has 1 fully saturated rings. The van der Waals surface area contributed by atoms with Crippen LogP contribution in [0.25, 0.3) is 0 Å². The van der Waals surface area contributed by atoms with Crippen LogP contribution >= 0.6 is 23.8 Å². The van der Waals surface area contributed by atoms with Crippen LogP contribution in [0.5, 0.6) is 0 Å². The van der Waals surface area contributed by atoms with Crippen molar-refractivity contribution in [2.75, 3.05) is 36.4 Å². The van der Waals surface area contributed by atoms with Crippen LogP contribution in [0.3, 0.4) is 0 Å². The zero-order chi connectivity index (χ0) is 17.1. The fourth-order valence-electron chi connectivity index (χ4n) is 3.11. The normalized spacial score (nSPS) is 14.6. The molecular formula is C19H22ClN3S. The van der Waals surface area contributed by atoms with Gasteiger partial charge in [0, 0.05) is 31.9 Å². The maximum Gasteiger partial charge on any atom is 0.173 e. The average molecular weight is 360 g/mol. The Morgan fingerprint density at radius 3 is 2.25 bits per heavy atom. The lowest BCUT2D eigenvalue weighted by molar-refractivity contribution is 0.391. The summed E-state index contributed by atoms with van der Waals surface area (Å²) in [5.41, 5.74) is 4.64. The van der Waals surface area contributed by atoms with Gasteiger partial charge < -0.3 is 15.1 Å². The zero-order valence-electron chi connectivity index (χ0n) is 14.1. The maximum absolute atomic E-state index is 6.30. The minimum atomic E-state index is 0.791. The molecule has 3 nitrogen and oxygen atoms in total. The van der Waals surface area contributed by atoms with Crippen LogP contribution in [0, 0.1) is 13.8 Å². The second-order valence-electron chi connectivity index (χ2n) is 6.23. The van der Waals surface area contributed by atoms with E-state index in [1.807, 2.05) is 18.2 Å². The first-order valence-corrected chi connectivity index (χ1v) is 8.95. The van der Waals surface area contributed by atoms with Crippen molar-refractivity contribution in [2.24, 2.45) is 0 Å². The molecule has 24 heavy (non-hydrogen) atoms. The molecule has 1 N–H and O–H groups in total. The molecule has 0 spiro atoms. The summed E-state index contributed by atoms with van der Waals surface area (Å²) in [7, 11) is 0. The van der Waals surface area contributed by atoms with Crippen molar-refractivity contribution in [3.63, 3.8) is 0 Å². The van der Waals surface area contributed by atoms with Gasteiger partial charge in [-0.3, -0.25) is 0 Å². The van der Waals surface area contributed by atoms with Crippen molar-refractivity contribution in [3.8, 4) is 0 Å². The predicted molar refractivity (Wildman–Crippen MR) is 107 cm³/mol. The highest BCUT2D eigenvalue weighted by Gasteiger charge is 2.20. The van der Waals surface area contributed by atoms with Crippen molar-refractivity contribution in [3.05, 3.63) is 58.6 Å². The molecule has 0 saturated carbocycles. The third-order valence-electron chi connectivity index (χ3n) is 4.23. The topological polar surface area (TPSA) is 18.5 Å². The van der Waals surface area contributed by atoms with E-state index in [1.165, 1.54) is 11.1 Å². The second-order valence-corrected chi connectivity index (χ2v) is 7.03. The van der Waals surface area contributed by atoms with Gasteiger partial charge in [-0.2, -0.15) is 0 Å². The number of halogens is 1. The van der Waals surface area contributed by atoms with Gasteiger partial charge in [0.1, 0.15) is 0 Å². The van der Waals surface area contributed by atoms with Gasteiger partial charge in [0.05, 0.1) is 10.7 Å². The molecule has 0 aromatic heterocycles. The molecule has 3 rings (SSSR count). The first kappa shape index (κ1) is 17.1. The lowest BCUT2D eigenvalue weighted by atomic mass is 10.1. The van der Waals surface area contributed by atoms with E-state index >= 15 is 0 Å². The number of thiocarbonyl (C=S) groups is 1. The van der Waals surface area contributed by atoms with E-state index in [-0.39, 0.29) is 0 Å². The quantitative estimate of drug-likeness (QED) is 0.797. The summed E-state index contributed by atoms with van der Waals surface area (Å²) in [6.07, 6.45) is 0. The van der Waals surface area contributed by atoms with Crippen LogP contribution in [0.2, 0.25) is 5.02 Å². The van der Waals surface area contributed by atoms with E-state index < -0.39 is 0 Å². The minimum absolute atomic E-state index is 0.791. The molecule has 0 atom stereocenters. The number of rotatable bonds is 2. The molecule has 0 radical (unpaired) electrons. The summed E-state index contributed by atoms with van der Waals surface area (Å²) in [6, 6.07) is 14.4. The van der Waals surface area contributed by atoms with Gasteiger partial charge in [-0.15, -0.1) is 0 Å². The molecule has 0 aliphatic carbocycles. The smallest absolute Gasteiger partial charge is 0.173 e. The van der Waals surface area contributed by atoms with Crippen molar-refractivity contribution >= 4 is 40.3 Å². The summed E-state index contributed by atoms with van der Waals surface area (Å²) < 4.78 is 0. The van der Waals surface area contributed by atoms with Crippen LogP contribution in [-0.4, -0.2) is 36.2 Å². The molecule has 1 saturated heterocycles. The van der Waals surface area contributed by atoms with Crippen LogP contribution in [0.4, 0.5) is 11.4 Å². The molecular weight excluding hydrogens is 338 g/mol. The Morgan fingerprint density at radius 1 is 1.00 bits per heavy atom. The molecule has 0 amide bonds. The summed E-state index contributed by atoms with van der Waals surface area (Å²) in [5.74, 6) is 0. The van der Waals surface area contributed by atoms with Gasteiger partial charge in [-0.1, -0.05) is 29.8 Å². The number of anilines is 2. The first-order chi connectivity index (χ1) is 11.5. The van der Waals surface area contributed by atoms with Crippen LogP contribution in [-0.2, 0) is 0 Å². The van der Waals surface area contributed by atoms with Gasteiger partial charge in [0.25, 0.3) is 0 Å². The van der Waals surface area contributed by atoms with Gasteiger partial charge in [-0.25, -0.2) is 0 Å². The van der Waals surface area contributed by atoms with Crippen LogP contribution in [0.15, 0.2) is 42.5 Å². The van der Waals surface area contributed by atoms with Crippen molar-refractivity contribution in [1.29, 1.82) is 0 Å². The summed E-state index contributed by atoms with van der Waals surface area (Å²) in [6.45, 7) is 7.81. The summed E-state index contributed by atoms with van der Waals surface area (Å²) >= 11 is 11.9. The number of nitrogens with one attached hydrogen (secondary N) is 1. The molecule has 1 aliphatic rings. The van der Waals surface area contributed by atoms with Gasteiger partial charge >= 0.3 is 0 Å². The molecule has 1 heterocycles. The maximum atomic E-state index is 6.30. The lowest BCUT2D eigenvalue weighted by Gasteiger charge is -2.37. The van der Waals surface area contributed by atoms with E-state index in [1.54, 1.807) is 0 Å².